The molecule has 20 heavy (non-hydrogen) atoms. The van der Waals surface area contributed by atoms with E-state index in [-0.39, 0.29) is 49.6 Å². The maximum Gasteiger partial charge on any atom is 0.306 e. The number of ether oxygens (including phenoxy) is 1. The maximum atomic E-state index is 11.7. The standard InChI is InChI=1S/C14H26N2O4/c1-5-16(10-13(18)15-11(3)4)9-12(17)7-8-14(19)20-6-2/h11H,5-10H2,1-4H3,(H,15,18). The molecular formula is C14H26N2O4. The zero-order chi connectivity index (χ0) is 15.5. The van der Waals surface area contributed by atoms with Crippen molar-refractivity contribution in [2.24, 2.45) is 0 Å². The van der Waals surface area contributed by atoms with Crippen LogP contribution in [0.4, 0.5) is 0 Å². The third-order valence-electron chi connectivity index (χ3n) is 2.58. The van der Waals surface area contributed by atoms with Gasteiger partial charge in [-0.05, 0) is 27.3 Å². The summed E-state index contributed by atoms with van der Waals surface area (Å²) in [5.74, 6) is -0.515. The second-order valence-corrected chi connectivity index (χ2v) is 4.87. The zero-order valence-corrected chi connectivity index (χ0v) is 12.9. The number of esters is 1. The van der Waals surface area contributed by atoms with E-state index in [1.54, 1.807) is 11.8 Å². The first-order valence-corrected chi connectivity index (χ1v) is 7.08. The molecule has 1 N–H and O–H groups in total. The van der Waals surface area contributed by atoms with Crippen LogP contribution in [0.5, 0.6) is 0 Å². The Morgan fingerprint density at radius 2 is 1.75 bits per heavy atom. The molecule has 0 spiro atoms. The summed E-state index contributed by atoms with van der Waals surface area (Å²) in [6.07, 6.45) is 0.254. The van der Waals surface area contributed by atoms with Crippen LogP contribution in [-0.4, -0.2) is 54.8 Å². The number of rotatable bonds is 10. The topological polar surface area (TPSA) is 75.7 Å². The van der Waals surface area contributed by atoms with Crippen LogP contribution in [0, 0.1) is 0 Å². The molecule has 0 saturated carbocycles. The summed E-state index contributed by atoms with van der Waals surface area (Å²) in [6.45, 7) is 8.70. The number of hydrogen-bond acceptors (Lipinski definition) is 5. The van der Waals surface area contributed by atoms with E-state index >= 15 is 0 Å². The predicted octanol–water partition coefficient (Wildman–Crippen LogP) is 0.745. The molecule has 6 heteroatoms. The van der Waals surface area contributed by atoms with E-state index < -0.39 is 0 Å². The fourth-order valence-electron chi connectivity index (χ4n) is 1.65. The van der Waals surface area contributed by atoms with Crippen LogP contribution in [0.25, 0.3) is 0 Å². The summed E-state index contributed by atoms with van der Waals surface area (Å²) < 4.78 is 4.76. The highest BCUT2D eigenvalue weighted by atomic mass is 16.5. The van der Waals surface area contributed by atoms with E-state index in [1.807, 2.05) is 20.8 Å². The summed E-state index contributed by atoms with van der Waals surface area (Å²) in [5, 5.41) is 2.78. The van der Waals surface area contributed by atoms with Gasteiger partial charge in [-0.2, -0.15) is 0 Å². The average molecular weight is 286 g/mol. The molecule has 0 heterocycles. The van der Waals surface area contributed by atoms with Gasteiger partial charge in [-0.25, -0.2) is 0 Å². The molecule has 0 rings (SSSR count). The van der Waals surface area contributed by atoms with E-state index in [4.69, 9.17) is 4.74 Å². The number of likely N-dealkylation sites (N-methyl/N-ethyl adjacent to an activating group) is 1. The smallest absolute Gasteiger partial charge is 0.306 e. The normalized spacial score (nSPS) is 10.7. The Bertz CT molecular complexity index is 329. The van der Waals surface area contributed by atoms with Crippen LogP contribution in [0.2, 0.25) is 0 Å². The van der Waals surface area contributed by atoms with Gasteiger partial charge in [0.1, 0.15) is 5.78 Å². The Hall–Kier alpha value is -1.43. The van der Waals surface area contributed by atoms with Gasteiger partial charge in [0.25, 0.3) is 0 Å². The molecule has 0 aliphatic carbocycles. The molecular weight excluding hydrogens is 260 g/mol. The average Bonchev–Trinajstić information content (AvgIpc) is 2.35. The summed E-state index contributed by atoms with van der Waals surface area (Å²) in [7, 11) is 0. The molecule has 6 nitrogen and oxygen atoms in total. The molecule has 0 aromatic carbocycles. The maximum absolute atomic E-state index is 11.7. The fourth-order valence-corrected chi connectivity index (χ4v) is 1.65. The van der Waals surface area contributed by atoms with Gasteiger partial charge in [-0.1, -0.05) is 6.92 Å². The van der Waals surface area contributed by atoms with Gasteiger partial charge < -0.3 is 10.1 Å². The zero-order valence-electron chi connectivity index (χ0n) is 12.9. The Labute approximate surface area is 120 Å². The lowest BCUT2D eigenvalue weighted by atomic mass is 10.2. The molecule has 0 fully saturated rings. The molecule has 0 saturated heterocycles. The van der Waals surface area contributed by atoms with Crippen molar-refractivity contribution in [1.82, 2.24) is 10.2 Å². The van der Waals surface area contributed by atoms with Crippen molar-refractivity contribution >= 4 is 17.7 Å². The van der Waals surface area contributed by atoms with Crippen LogP contribution in [0.3, 0.4) is 0 Å². The van der Waals surface area contributed by atoms with Crippen LogP contribution < -0.4 is 5.32 Å². The fraction of sp³-hybridized carbons (Fsp3) is 0.786. The lowest BCUT2D eigenvalue weighted by Crippen LogP contribution is -2.41. The molecule has 0 atom stereocenters. The first-order valence-electron chi connectivity index (χ1n) is 7.08. The molecule has 1 amide bonds. The number of carbonyl (C=O) groups excluding carboxylic acids is 3. The van der Waals surface area contributed by atoms with Crippen molar-refractivity contribution in [1.29, 1.82) is 0 Å². The molecule has 116 valence electrons. The predicted molar refractivity (Wildman–Crippen MR) is 76.3 cm³/mol. The number of hydrogen-bond donors (Lipinski definition) is 1. The van der Waals surface area contributed by atoms with Crippen LogP contribution >= 0.6 is 0 Å². The van der Waals surface area contributed by atoms with Crippen LogP contribution in [0.15, 0.2) is 0 Å². The van der Waals surface area contributed by atoms with Crippen molar-refractivity contribution in [3.8, 4) is 0 Å². The third-order valence-corrected chi connectivity index (χ3v) is 2.58. The number of nitrogens with one attached hydrogen (secondary N) is 1. The van der Waals surface area contributed by atoms with Gasteiger partial charge in [0, 0.05) is 12.5 Å². The molecule has 0 bridgehead atoms. The number of nitrogens with zero attached hydrogens (tertiary/aromatic N) is 1. The summed E-state index contributed by atoms with van der Waals surface area (Å²) in [6, 6.07) is 0.0840. The number of Topliss-reactive ketones (excluding diaryl/α,β-unsaturated/α-hetero) is 1. The SMILES string of the molecule is CCOC(=O)CCC(=O)CN(CC)CC(=O)NC(C)C. The van der Waals surface area contributed by atoms with Crippen molar-refractivity contribution in [2.75, 3.05) is 26.2 Å². The second-order valence-electron chi connectivity index (χ2n) is 4.87. The van der Waals surface area contributed by atoms with Crippen molar-refractivity contribution in [3.63, 3.8) is 0 Å². The second kappa shape index (κ2) is 10.4. The highest BCUT2D eigenvalue weighted by molar-refractivity contribution is 5.85. The van der Waals surface area contributed by atoms with Crippen LogP contribution in [0.1, 0.15) is 40.5 Å². The van der Waals surface area contributed by atoms with Crippen molar-refractivity contribution in [2.45, 2.75) is 46.6 Å². The summed E-state index contributed by atoms with van der Waals surface area (Å²) in [4.78, 5) is 36.3. The van der Waals surface area contributed by atoms with E-state index in [0.717, 1.165) is 0 Å². The lowest BCUT2D eigenvalue weighted by molar-refractivity contribution is -0.144. The monoisotopic (exact) mass is 286 g/mol. The molecule has 0 aromatic rings. The van der Waals surface area contributed by atoms with E-state index in [2.05, 4.69) is 5.32 Å². The van der Waals surface area contributed by atoms with Gasteiger partial charge in [-0.15, -0.1) is 0 Å². The van der Waals surface area contributed by atoms with Gasteiger partial charge in [0.15, 0.2) is 0 Å². The van der Waals surface area contributed by atoms with E-state index in [1.165, 1.54) is 0 Å². The molecule has 0 radical (unpaired) electrons. The first-order chi connectivity index (χ1) is 9.38. The van der Waals surface area contributed by atoms with E-state index in [0.29, 0.717) is 13.2 Å². The molecule has 0 unspecified atom stereocenters. The Kier molecular flexibility index (Phi) is 9.63. The Morgan fingerprint density at radius 3 is 2.25 bits per heavy atom. The first kappa shape index (κ1) is 18.6. The van der Waals surface area contributed by atoms with Gasteiger partial charge in [0.2, 0.25) is 5.91 Å². The molecule has 0 aliphatic heterocycles. The Morgan fingerprint density at radius 1 is 1.10 bits per heavy atom. The number of amides is 1. The quantitative estimate of drug-likeness (QED) is 0.600. The molecule has 0 aromatic heterocycles. The van der Waals surface area contributed by atoms with Crippen molar-refractivity contribution in [3.05, 3.63) is 0 Å². The highest BCUT2D eigenvalue weighted by Gasteiger charge is 2.14. The summed E-state index contributed by atoms with van der Waals surface area (Å²) in [5.41, 5.74) is 0. The van der Waals surface area contributed by atoms with E-state index in [9.17, 15) is 14.4 Å². The van der Waals surface area contributed by atoms with Crippen molar-refractivity contribution < 1.29 is 19.1 Å². The minimum Gasteiger partial charge on any atom is -0.466 e. The largest absolute Gasteiger partial charge is 0.466 e. The van der Waals surface area contributed by atoms with Gasteiger partial charge >= 0.3 is 5.97 Å². The van der Waals surface area contributed by atoms with Crippen LogP contribution in [-0.2, 0) is 19.1 Å². The number of carbonyl (C=O) groups is 3. The number of ketones is 1. The summed E-state index contributed by atoms with van der Waals surface area (Å²) >= 11 is 0. The lowest BCUT2D eigenvalue weighted by Gasteiger charge is -2.19. The van der Waals surface area contributed by atoms with Gasteiger partial charge in [-0.3, -0.25) is 19.3 Å². The highest BCUT2D eigenvalue weighted by Crippen LogP contribution is 1.98. The molecule has 0 aliphatic rings. The Balaban J connectivity index is 4.06. The minimum atomic E-state index is -0.360. The minimum absolute atomic E-state index is 0.0581. The van der Waals surface area contributed by atoms with Gasteiger partial charge in [0.05, 0.1) is 26.1 Å². The third kappa shape index (κ3) is 9.49.